The lowest BCUT2D eigenvalue weighted by Gasteiger charge is -2.42. The van der Waals surface area contributed by atoms with E-state index in [4.69, 9.17) is 0 Å². The van der Waals surface area contributed by atoms with Crippen LogP contribution in [0.5, 0.6) is 0 Å². The second-order valence-electron chi connectivity index (χ2n) is 27.3. The molecular weight excluding hydrogens is 1190 g/mol. The molecule has 0 amide bonds. The third-order valence-electron chi connectivity index (χ3n) is 22.5. The average Bonchev–Trinajstić information content (AvgIpc) is 1.05. The van der Waals surface area contributed by atoms with Gasteiger partial charge in [-0.05, 0) is 140 Å². The molecule has 14 heteroatoms. The highest BCUT2D eigenvalue weighted by atomic mass is 32.2. The van der Waals surface area contributed by atoms with Gasteiger partial charge in [-0.15, -0.1) is 10.9 Å². The van der Waals surface area contributed by atoms with Crippen LogP contribution in [0.25, 0.3) is 127 Å². The molecule has 450 valence electrons. The zero-order chi connectivity index (χ0) is 65.9. The number of fused-ring (bicyclic) bond motifs is 13. The minimum absolute atomic E-state index is 0.109. The quantitative estimate of drug-likeness (QED) is 0.163. The van der Waals surface area contributed by atoms with Gasteiger partial charge in [0.1, 0.15) is 62.8 Å². The summed E-state index contributed by atoms with van der Waals surface area (Å²) < 4.78 is 7.53. The van der Waals surface area contributed by atoms with Crippen molar-refractivity contribution < 1.29 is 0 Å². The third kappa shape index (κ3) is 8.59. The Morgan fingerprint density at radius 2 is 0.704 bits per heavy atom. The maximum absolute atomic E-state index is 2.71. The van der Waals surface area contributed by atoms with Gasteiger partial charge in [-0.25, -0.2) is 0 Å². The van der Waals surface area contributed by atoms with Crippen LogP contribution < -0.4 is 65.0 Å². The third-order valence-corrected chi connectivity index (χ3v) is 23.6. The molecule has 19 rings (SSSR count). The van der Waals surface area contributed by atoms with Crippen LogP contribution in [0, 0.1) is 0 Å². The number of anilines is 3. The molecule has 5 heterocycles. The van der Waals surface area contributed by atoms with Crippen LogP contribution in [0.2, 0.25) is 0 Å². The fourth-order valence-corrected chi connectivity index (χ4v) is 18.3. The van der Waals surface area contributed by atoms with Gasteiger partial charge in [0.05, 0.1) is 27.8 Å². The minimum Gasteiger partial charge on any atom is -0.310 e. The van der Waals surface area contributed by atoms with E-state index in [-0.39, 0.29) is 6.71 Å². The Morgan fingerprint density at radius 3 is 1.22 bits per heavy atom. The lowest BCUT2D eigenvalue weighted by atomic mass is 9.34. The van der Waals surface area contributed by atoms with Crippen LogP contribution in [-0.4, -0.2) is 83.2 Å². The van der Waals surface area contributed by atoms with Crippen LogP contribution in [0.4, 0.5) is 17.1 Å². The number of aromatic nitrogens is 3. The van der Waals surface area contributed by atoms with E-state index in [9.17, 15) is 0 Å². The topological polar surface area (TPSA) is 18.0 Å². The van der Waals surface area contributed by atoms with Gasteiger partial charge in [0.15, 0.2) is 0 Å². The van der Waals surface area contributed by atoms with Gasteiger partial charge in [-0.2, -0.15) is 0 Å². The molecule has 98 heavy (non-hydrogen) atoms. The Bertz CT molecular complexity index is 6130. The lowest BCUT2D eigenvalue weighted by molar-refractivity contribution is 1.16. The summed E-state index contributed by atoms with van der Waals surface area (Å²) in [6.07, 6.45) is 0. The van der Waals surface area contributed by atoms with E-state index in [1.54, 1.807) is 0 Å². The molecule has 0 atom stereocenters. The van der Waals surface area contributed by atoms with Gasteiger partial charge < -0.3 is 18.6 Å². The summed E-state index contributed by atoms with van der Waals surface area (Å²) in [5.74, 6) is 0. The molecule has 2 aliphatic heterocycles. The Kier molecular flexibility index (Phi) is 13.4. The maximum Gasteiger partial charge on any atom is 0.249 e. The molecule has 4 nitrogen and oxygen atoms in total. The number of hydrogen-bond donors (Lipinski definition) is 0. The molecule has 14 aromatic carbocycles. The number of hydrogen-bond acceptors (Lipinski definition) is 2. The SMILES string of the molecule is Bc1c(B)c(B)c2c(c1B)c1c(B)c(B)c(B)c(B)c1n2-c1cc2c3c(c1)N(c1c(-c4ccccc4)cccc1-c1ccccc1)c1cc(-c4ccc5c(c4)c4ccccc4n5-c4ccccc4)ccc1B3c1ccc(-c3ccc4c(c3)c3ccccc3n4-c3ccccc3)cc1S2. The van der Waals surface area contributed by atoms with E-state index >= 15 is 0 Å². The molecule has 0 saturated heterocycles. The summed E-state index contributed by atoms with van der Waals surface area (Å²) in [6.45, 7) is -0.109. The van der Waals surface area contributed by atoms with Gasteiger partial charge in [0, 0.05) is 81.9 Å². The molecule has 0 aliphatic carbocycles. The molecule has 3 aromatic heterocycles. The van der Waals surface area contributed by atoms with Crippen LogP contribution in [0.3, 0.4) is 0 Å². The van der Waals surface area contributed by atoms with Gasteiger partial charge >= 0.3 is 0 Å². The highest BCUT2D eigenvalue weighted by Gasteiger charge is 2.43. The van der Waals surface area contributed by atoms with Crippen molar-refractivity contribution in [2.75, 3.05) is 4.90 Å². The average molecular weight is 1260 g/mol. The molecular formula is C84H61B9N4S. The zero-order valence-corrected chi connectivity index (χ0v) is 57.1. The van der Waals surface area contributed by atoms with Crippen molar-refractivity contribution in [3.8, 4) is 61.6 Å². The fourth-order valence-electron chi connectivity index (χ4n) is 17.1. The van der Waals surface area contributed by atoms with Gasteiger partial charge in [-0.3, -0.25) is 0 Å². The van der Waals surface area contributed by atoms with Gasteiger partial charge in [0.25, 0.3) is 0 Å². The Morgan fingerprint density at radius 1 is 0.276 bits per heavy atom. The van der Waals surface area contributed by atoms with Crippen molar-refractivity contribution in [1.82, 2.24) is 13.7 Å². The second-order valence-corrected chi connectivity index (χ2v) is 28.4. The van der Waals surface area contributed by atoms with E-state index in [1.165, 1.54) is 169 Å². The highest BCUT2D eigenvalue weighted by Crippen LogP contribution is 2.51. The number of para-hydroxylation sites is 5. The predicted molar refractivity (Wildman–Crippen MR) is 447 cm³/mol. The van der Waals surface area contributed by atoms with E-state index in [1.807, 2.05) is 11.8 Å². The lowest BCUT2D eigenvalue weighted by Crippen LogP contribution is -2.60. The molecule has 17 aromatic rings. The van der Waals surface area contributed by atoms with Crippen molar-refractivity contribution in [3.63, 3.8) is 0 Å². The summed E-state index contributed by atoms with van der Waals surface area (Å²) in [5, 5.41) is 7.67. The summed E-state index contributed by atoms with van der Waals surface area (Å²) in [7, 11) is 18.8. The van der Waals surface area contributed by atoms with Crippen LogP contribution in [0.15, 0.2) is 283 Å². The van der Waals surface area contributed by atoms with Crippen LogP contribution in [0.1, 0.15) is 0 Å². The van der Waals surface area contributed by atoms with Gasteiger partial charge in [-0.1, -0.05) is 238 Å². The Hall–Kier alpha value is -10.8. The predicted octanol–water partition coefficient (Wildman–Crippen LogP) is 6.48. The van der Waals surface area contributed by atoms with Crippen molar-refractivity contribution in [3.05, 3.63) is 273 Å². The monoisotopic (exact) mass is 1260 g/mol. The normalized spacial score (nSPS) is 12.5. The molecule has 0 saturated carbocycles. The maximum atomic E-state index is 2.71. The standard InChI is InChI=1S/C84H61B9N4S/c85-73-71-72-74(86)76(88)78(90)80(92)84(72)96(83(71)79(91)77(89)75(73)87)54-44-68-81-70(45-54)98-69-43-51(49-35-39-66-60(41-49)58-27-14-16-31-64(58)95(66)53-24-11-4-12-25-53)33-37-62(69)93(81)61-36-32-50(48-34-38-65-59(40-48)57-26-13-15-30-63(57)94(65)52-22-9-3-10-23-52)42-67(61)97(68)82-55(46-18-5-1-6-19-46)28-17-29-56(82)47-20-7-2-8-21-47/h1-45H,85-92H2. The summed E-state index contributed by atoms with van der Waals surface area (Å²) in [4.78, 5) is 5.24. The zero-order valence-electron chi connectivity index (χ0n) is 56.3. The molecule has 0 bridgehead atoms. The molecule has 0 radical (unpaired) electrons. The Balaban J connectivity index is 0.916. The van der Waals surface area contributed by atoms with Crippen molar-refractivity contribution in [1.29, 1.82) is 0 Å². The fraction of sp³-hybridized carbons (Fsp3) is 0. The largest absolute Gasteiger partial charge is 0.310 e. The molecule has 0 N–H and O–H groups in total. The van der Waals surface area contributed by atoms with Crippen molar-refractivity contribution >= 4 is 224 Å². The first-order chi connectivity index (χ1) is 48.0. The first-order valence-electron chi connectivity index (χ1n) is 34.4. The summed E-state index contributed by atoms with van der Waals surface area (Å²) in [6, 6.07) is 103. The van der Waals surface area contributed by atoms with Crippen molar-refractivity contribution in [2.24, 2.45) is 0 Å². The van der Waals surface area contributed by atoms with E-state index < -0.39 is 0 Å². The molecule has 2 aliphatic rings. The van der Waals surface area contributed by atoms with Crippen molar-refractivity contribution in [2.45, 2.75) is 9.79 Å². The van der Waals surface area contributed by atoms with Gasteiger partial charge in [0.2, 0.25) is 6.71 Å². The summed E-state index contributed by atoms with van der Waals surface area (Å²) in [5.41, 5.74) is 38.4. The van der Waals surface area contributed by atoms with E-state index in [0.717, 1.165) is 45.1 Å². The number of benzene rings is 14. The second kappa shape index (κ2) is 22.4. The first kappa shape index (κ1) is 58.6. The molecule has 0 fully saturated rings. The highest BCUT2D eigenvalue weighted by molar-refractivity contribution is 8.00. The minimum atomic E-state index is -0.109. The number of rotatable bonds is 8. The van der Waals surface area contributed by atoms with E-state index in [0.29, 0.717) is 0 Å². The first-order valence-corrected chi connectivity index (χ1v) is 35.2. The Labute approximate surface area is 582 Å². The summed E-state index contributed by atoms with van der Waals surface area (Å²) >= 11 is 1.94. The smallest absolute Gasteiger partial charge is 0.249 e. The molecule has 0 unspecified atom stereocenters. The number of nitrogens with zero attached hydrogens (tertiary/aromatic N) is 4. The molecule has 0 spiro atoms. The van der Waals surface area contributed by atoms with Crippen LogP contribution >= 0.6 is 11.8 Å². The van der Waals surface area contributed by atoms with Crippen LogP contribution in [-0.2, 0) is 0 Å². The van der Waals surface area contributed by atoms with E-state index in [2.05, 4.69) is 354 Å².